The first-order valence-electron chi connectivity index (χ1n) is 6.14. The molecule has 5 N–H and O–H groups in total. The first-order valence-corrected chi connectivity index (χ1v) is 6.93. The van der Waals surface area contributed by atoms with E-state index in [2.05, 4.69) is 15.9 Å². The second-order valence-electron chi connectivity index (χ2n) is 4.45. The van der Waals surface area contributed by atoms with Crippen LogP contribution in [0.1, 0.15) is 20.7 Å². The van der Waals surface area contributed by atoms with Crippen LogP contribution in [0.3, 0.4) is 0 Å². The molecule has 0 unspecified atom stereocenters. The second kappa shape index (κ2) is 6.13. The molecule has 23 heavy (non-hydrogen) atoms. The number of carboxylic acids is 2. The van der Waals surface area contributed by atoms with Crippen molar-refractivity contribution in [2.24, 2.45) is 0 Å². The average molecular weight is 383 g/mol. The first-order chi connectivity index (χ1) is 10.8. The standard InChI is InChI=1S/C14H11BrN2O6/c1-23-7-3-2-5(4-6(7)15)8-9(13(19)20)11(16)17-12(18)10(8)14(21)22/h2-4H,1H3,(H,19,20)(H,21,22)(H3,16,17,18). The lowest BCUT2D eigenvalue weighted by Gasteiger charge is -2.13. The van der Waals surface area contributed by atoms with Crippen molar-refractivity contribution < 1.29 is 24.5 Å². The molecule has 0 atom stereocenters. The molecular formula is C14H11BrN2O6. The highest BCUT2D eigenvalue weighted by atomic mass is 79.9. The van der Waals surface area contributed by atoms with Crippen molar-refractivity contribution >= 4 is 33.7 Å². The number of aromatic nitrogens is 1. The predicted octanol–water partition coefficient (Wildman–Crippen LogP) is 1.79. The Morgan fingerprint density at radius 2 is 1.83 bits per heavy atom. The van der Waals surface area contributed by atoms with E-state index in [0.29, 0.717) is 10.2 Å². The summed E-state index contributed by atoms with van der Waals surface area (Å²) < 4.78 is 5.53. The topological polar surface area (TPSA) is 143 Å². The van der Waals surface area contributed by atoms with Crippen molar-refractivity contribution in [2.75, 3.05) is 12.8 Å². The van der Waals surface area contributed by atoms with Crippen LogP contribution in [0.5, 0.6) is 5.75 Å². The smallest absolute Gasteiger partial charge is 0.342 e. The molecule has 0 amide bonds. The molecule has 0 spiro atoms. The lowest BCUT2D eigenvalue weighted by Crippen LogP contribution is -2.24. The maximum atomic E-state index is 11.9. The second-order valence-corrected chi connectivity index (χ2v) is 5.31. The van der Waals surface area contributed by atoms with Crippen molar-refractivity contribution in [3.05, 3.63) is 44.2 Å². The quantitative estimate of drug-likeness (QED) is 0.630. The SMILES string of the molecule is COc1ccc(-c2c(C(=O)O)c(N)[nH]c(=O)c2C(=O)O)cc1Br. The van der Waals surface area contributed by atoms with Crippen LogP contribution in [0.4, 0.5) is 5.82 Å². The Morgan fingerprint density at radius 1 is 1.22 bits per heavy atom. The van der Waals surface area contributed by atoms with Gasteiger partial charge in [0.1, 0.15) is 22.7 Å². The van der Waals surface area contributed by atoms with Crippen LogP contribution >= 0.6 is 15.9 Å². The van der Waals surface area contributed by atoms with Crippen LogP contribution in [0, 0.1) is 0 Å². The fourth-order valence-electron chi connectivity index (χ4n) is 2.16. The molecule has 1 aromatic carbocycles. The highest BCUT2D eigenvalue weighted by Crippen LogP contribution is 2.34. The van der Waals surface area contributed by atoms with Gasteiger partial charge in [-0.1, -0.05) is 6.07 Å². The summed E-state index contributed by atoms with van der Waals surface area (Å²) in [6.07, 6.45) is 0. The average Bonchev–Trinajstić information content (AvgIpc) is 2.45. The normalized spacial score (nSPS) is 10.3. The molecule has 2 aromatic rings. The minimum Gasteiger partial charge on any atom is -0.496 e. The number of pyridine rings is 1. The van der Waals surface area contributed by atoms with Gasteiger partial charge in [-0.2, -0.15) is 0 Å². The molecule has 0 radical (unpaired) electrons. The lowest BCUT2D eigenvalue weighted by atomic mass is 9.95. The number of carboxylic acid groups (broad SMARTS) is 2. The Hall–Kier alpha value is -2.81. The van der Waals surface area contributed by atoms with Gasteiger partial charge in [-0.25, -0.2) is 9.59 Å². The largest absolute Gasteiger partial charge is 0.496 e. The maximum Gasteiger partial charge on any atom is 0.342 e. The molecule has 0 aliphatic rings. The number of hydrogen-bond donors (Lipinski definition) is 4. The van der Waals surface area contributed by atoms with E-state index in [1.54, 1.807) is 0 Å². The summed E-state index contributed by atoms with van der Waals surface area (Å²) in [5.41, 5.74) is 3.32. The lowest BCUT2D eigenvalue weighted by molar-refractivity contribution is 0.0695. The molecule has 2 rings (SSSR count). The van der Waals surface area contributed by atoms with Gasteiger partial charge >= 0.3 is 11.9 Å². The number of rotatable bonds is 4. The molecule has 0 aliphatic carbocycles. The van der Waals surface area contributed by atoms with E-state index in [1.165, 1.54) is 25.3 Å². The number of anilines is 1. The van der Waals surface area contributed by atoms with Gasteiger partial charge < -0.3 is 25.7 Å². The van der Waals surface area contributed by atoms with Crippen LogP contribution in [-0.2, 0) is 0 Å². The van der Waals surface area contributed by atoms with E-state index in [9.17, 15) is 24.6 Å². The number of benzene rings is 1. The third kappa shape index (κ3) is 2.90. The molecule has 1 aromatic heterocycles. The van der Waals surface area contributed by atoms with Crippen molar-refractivity contribution in [1.29, 1.82) is 0 Å². The van der Waals surface area contributed by atoms with Gasteiger partial charge in [-0.3, -0.25) is 4.79 Å². The van der Waals surface area contributed by atoms with Crippen LogP contribution in [0.25, 0.3) is 11.1 Å². The number of carbonyl (C=O) groups is 2. The maximum absolute atomic E-state index is 11.9. The number of hydrogen-bond acceptors (Lipinski definition) is 5. The molecule has 9 heteroatoms. The zero-order valence-electron chi connectivity index (χ0n) is 11.7. The first kappa shape index (κ1) is 16.6. The number of nitrogen functional groups attached to an aromatic ring is 1. The monoisotopic (exact) mass is 382 g/mol. The zero-order valence-corrected chi connectivity index (χ0v) is 13.3. The van der Waals surface area contributed by atoms with E-state index >= 15 is 0 Å². The number of aromatic carboxylic acids is 2. The summed E-state index contributed by atoms with van der Waals surface area (Å²) in [5, 5.41) is 18.6. The Morgan fingerprint density at radius 3 is 2.30 bits per heavy atom. The molecule has 0 bridgehead atoms. The summed E-state index contributed by atoms with van der Waals surface area (Å²) in [7, 11) is 1.44. The van der Waals surface area contributed by atoms with Crippen molar-refractivity contribution in [3.8, 4) is 16.9 Å². The van der Waals surface area contributed by atoms with E-state index in [0.717, 1.165) is 0 Å². The van der Waals surface area contributed by atoms with E-state index in [4.69, 9.17) is 10.5 Å². The Labute approximate surface area is 137 Å². The summed E-state index contributed by atoms with van der Waals surface area (Å²) in [6.45, 7) is 0. The third-order valence-electron chi connectivity index (χ3n) is 3.11. The van der Waals surface area contributed by atoms with Crippen molar-refractivity contribution in [2.45, 2.75) is 0 Å². The number of H-pyrrole nitrogens is 1. The number of ether oxygens (including phenoxy) is 1. The molecule has 120 valence electrons. The van der Waals surface area contributed by atoms with Gasteiger partial charge in [0.2, 0.25) is 0 Å². The van der Waals surface area contributed by atoms with E-state index in [1.807, 2.05) is 4.98 Å². The van der Waals surface area contributed by atoms with Crippen LogP contribution in [0.15, 0.2) is 27.5 Å². The predicted molar refractivity (Wildman–Crippen MR) is 85.1 cm³/mol. The summed E-state index contributed by atoms with van der Waals surface area (Å²) in [6, 6.07) is 4.40. The van der Waals surface area contributed by atoms with Gasteiger partial charge in [-0.05, 0) is 33.6 Å². The zero-order chi connectivity index (χ0) is 17.3. The summed E-state index contributed by atoms with van der Waals surface area (Å²) >= 11 is 3.23. The van der Waals surface area contributed by atoms with Crippen molar-refractivity contribution in [3.63, 3.8) is 0 Å². The molecule has 0 aliphatic heterocycles. The molecule has 0 fully saturated rings. The van der Waals surface area contributed by atoms with Gasteiger partial charge in [0.25, 0.3) is 5.56 Å². The van der Waals surface area contributed by atoms with Gasteiger partial charge in [0.05, 0.1) is 11.6 Å². The summed E-state index contributed by atoms with van der Waals surface area (Å²) in [5.74, 6) is -2.98. The number of nitrogens with one attached hydrogen (secondary N) is 1. The summed E-state index contributed by atoms with van der Waals surface area (Å²) in [4.78, 5) is 36.9. The number of aromatic amines is 1. The third-order valence-corrected chi connectivity index (χ3v) is 3.73. The van der Waals surface area contributed by atoms with Gasteiger partial charge in [0.15, 0.2) is 0 Å². The molecule has 8 nitrogen and oxygen atoms in total. The van der Waals surface area contributed by atoms with Gasteiger partial charge in [-0.15, -0.1) is 0 Å². The van der Waals surface area contributed by atoms with Crippen LogP contribution < -0.4 is 16.0 Å². The fourth-order valence-corrected chi connectivity index (χ4v) is 2.70. The molecular weight excluding hydrogens is 372 g/mol. The highest BCUT2D eigenvalue weighted by molar-refractivity contribution is 9.10. The molecule has 0 saturated carbocycles. The van der Waals surface area contributed by atoms with E-state index < -0.39 is 34.4 Å². The Balaban J connectivity index is 2.93. The molecule has 1 heterocycles. The Kier molecular flexibility index (Phi) is 4.41. The minimum atomic E-state index is -1.56. The number of halogens is 1. The Bertz CT molecular complexity index is 874. The highest BCUT2D eigenvalue weighted by Gasteiger charge is 2.26. The molecule has 0 saturated heterocycles. The van der Waals surface area contributed by atoms with Crippen molar-refractivity contribution in [1.82, 2.24) is 4.98 Å². The fraction of sp³-hybridized carbons (Fsp3) is 0.0714. The van der Waals surface area contributed by atoms with Crippen LogP contribution in [-0.4, -0.2) is 34.2 Å². The number of nitrogens with two attached hydrogens (primary N) is 1. The number of methoxy groups -OCH3 is 1. The minimum absolute atomic E-state index is 0.199. The van der Waals surface area contributed by atoms with Crippen LogP contribution in [0.2, 0.25) is 0 Å². The van der Waals surface area contributed by atoms with Gasteiger partial charge in [0, 0.05) is 5.56 Å². The van der Waals surface area contributed by atoms with E-state index in [-0.39, 0.29) is 11.1 Å².